The van der Waals surface area contributed by atoms with Gasteiger partial charge in [0.15, 0.2) is 6.10 Å². The second-order valence-electron chi connectivity index (χ2n) is 8.12. The zero-order chi connectivity index (χ0) is 23.4. The molecule has 0 radical (unpaired) electrons. The van der Waals surface area contributed by atoms with Gasteiger partial charge in [0.1, 0.15) is 11.5 Å². The summed E-state index contributed by atoms with van der Waals surface area (Å²) in [4.78, 5) is 39.2. The fourth-order valence-electron chi connectivity index (χ4n) is 3.71. The van der Waals surface area contributed by atoms with Crippen LogP contribution in [0.5, 0.6) is 11.5 Å². The lowest BCUT2D eigenvalue weighted by Gasteiger charge is -2.18. The third kappa shape index (κ3) is 5.29. The average molecular weight is 443 g/mol. The Labute approximate surface area is 192 Å². The van der Waals surface area contributed by atoms with Crippen LogP contribution in [-0.4, -0.2) is 30.3 Å². The van der Waals surface area contributed by atoms with Crippen LogP contribution in [0.1, 0.15) is 29.3 Å². The van der Waals surface area contributed by atoms with Crippen LogP contribution in [0.3, 0.4) is 0 Å². The van der Waals surface area contributed by atoms with Gasteiger partial charge < -0.3 is 14.4 Å². The predicted octanol–water partition coefficient (Wildman–Crippen LogP) is 4.95. The Kier molecular flexibility index (Phi) is 6.54. The first-order valence-corrected chi connectivity index (χ1v) is 10.9. The molecule has 0 aromatic heterocycles. The smallest absolute Gasteiger partial charge is 0.312 e. The molecule has 2 atom stereocenters. The van der Waals surface area contributed by atoms with Gasteiger partial charge in [-0.15, -0.1) is 0 Å². The topological polar surface area (TPSA) is 72.9 Å². The zero-order valence-corrected chi connectivity index (χ0v) is 18.6. The molecule has 3 aromatic rings. The van der Waals surface area contributed by atoms with Crippen LogP contribution in [0.2, 0.25) is 0 Å². The van der Waals surface area contributed by atoms with E-state index in [1.807, 2.05) is 37.3 Å². The number of ketones is 1. The van der Waals surface area contributed by atoms with Crippen LogP contribution in [0.15, 0.2) is 78.9 Å². The van der Waals surface area contributed by atoms with Gasteiger partial charge in [-0.3, -0.25) is 14.4 Å². The Bertz CT molecular complexity index is 1140. The average Bonchev–Trinajstić information content (AvgIpc) is 3.23. The molecule has 1 aliphatic rings. The first kappa shape index (κ1) is 22.3. The number of aryl methyl sites for hydroxylation is 1. The summed E-state index contributed by atoms with van der Waals surface area (Å²) >= 11 is 0. The number of nitrogens with zero attached hydrogens (tertiary/aromatic N) is 1. The molecule has 0 bridgehead atoms. The van der Waals surface area contributed by atoms with Crippen molar-refractivity contribution in [1.82, 2.24) is 0 Å². The molecule has 6 nitrogen and oxygen atoms in total. The monoisotopic (exact) mass is 443 g/mol. The highest BCUT2D eigenvalue weighted by atomic mass is 16.5. The lowest BCUT2D eigenvalue weighted by molar-refractivity contribution is -0.151. The molecule has 168 valence electrons. The Balaban J connectivity index is 1.36. The van der Waals surface area contributed by atoms with E-state index in [0.29, 0.717) is 17.0 Å². The number of carbonyl (C=O) groups excluding carboxylic acids is 3. The summed E-state index contributed by atoms with van der Waals surface area (Å²) < 4.78 is 11.2. The van der Waals surface area contributed by atoms with Crippen molar-refractivity contribution in [3.8, 4) is 11.5 Å². The molecule has 0 saturated carbocycles. The van der Waals surface area contributed by atoms with E-state index in [2.05, 4.69) is 0 Å². The first-order valence-electron chi connectivity index (χ1n) is 10.9. The summed E-state index contributed by atoms with van der Waals surface area (Å²) in [5, 5.41) is 0. The normalized spacial score (nSPS) is 16.4. The second kappa shape index (κ2) is 9.69. The molecule has 0 unspecified atom stereocenters. The van der Waals surface area contributed by atoms with Crippen LogP contribution in [0.25, 0.3) is 0 Å². The van der Waals surface area contributed by atoms with Crippen molar-refractivity contribution in [3.05, 3.63) is 90.0 Å². The Hall–Kier alpha value is -3.93. The molecule has 6 heteroatoms. The Morgan fingerprint density at radius 1 is 0.909 bits per heavy atom. The summed E-state index contributed by atoms with van der Waals surface area (Å²) in [6, 6.07) is 23.6. The highest BCUT2D eigenvalue weighted by molar-refractivity contribution is 6.02. The van der Waals surface area contributed by atoms with Gasteiger partial charge in [-0.2, -0.15) is 0 Å². The second-order valence-corrected chi connectivity index (χ2v) is 8.12. The number of anilines is 1. The van der Waals surface area contributed by atoms with E-state index in [9.17, 15) is 14.4 Å². The molecule has 1 fully saturated rings. The lowest BCUT2D eigenvalue weighted by atomic mass is 10.1. The number of esters is 1. The highest BCUT2D eigenvalue weighted by Crippen LogP contribution is 2.29. The molecule has 0 N–H and O–H groups in total. The van der Waals surface area contributed by atoms with Crippen molar-refractivity contribution in [2.45, 2.75) is 26.4 Å². The number of ether oxygens (including phenoxy) is 2. The van der Waals surface area contributed by atoms with Gasteiger partial charge in [0, 0.05) is 24.2 Å². The number of amides is 1. The van der Waals surface area contributed by atoms with Gasteiger partial charge in [-0.05, 0) is 50.2 Å². The predicted molar refractivity (Wildman–Crippen MR) is 124 cm³/mol. The van der Waals surface area contributed by atoms with Crippen molar-refractivity contribution in [2.75, 3.05) is 11.4 Å². The molecule has 3 aromatic carbocycles. The molecule has 0 spiro atoms. The maximum Gasteiger partial charge on any atom is 0.312 e. The number of carbonyl (C=O) groups is 3. The SMILES string of the molecule is Cc1ccc(Oc2ccc(N3C[C@H](C(=O)O[C@@H](C)C(=O)c4ccccc4)CC3=O)cc2)cc1. The fourth-order valence-corrected chi connectivity index (χ4v) is 3.71. The Morgan fingerprint density at radius 2 is 1.52 bits per heavy atom. The number of hydrogen-bond acceptors (Lipinski definition) is 5. The maximum atomic E-state index is 12.6. The van der Waals surface area contributed by atoms with Crippen molar-refractivity contribution in [2.24, 2.45) is 5.92 Å². The molecule has 1 aliphatic heterocycles. The van der Waals surface area contributed by atoms with Gasteiger partial charge in [0.25, 0.3) is 0 Å². The number of hydrogen-bond donors (Lipinski definition) is 0. The van der Waals surface area contributed by atoms with Crippen molar-refractivity contribution in [3.63, 3.8) is 0 Å². The minimum absolute atomic E-state index is 0.0483. The van der Waals surface area contributed by atoms with Crippen LogP contribution in [0, 0.1) is 12.8 Å². The number of Topliss-reactive ketones (excluding diaryl/α,β-unsaturated/α-hetero) is 1. The van der Waals surface area contributed by atoms with Gasteiger partial charge >= 0.3 is 5.97 Å². The first-order chi connectivity index (χ1) is 15.9. The molecule has 33 heavy (non-hydrogen) atoms. The molecule has 4 rings (SSSR count). The summed E-state index contributed by atoms with van der Waals surface area (Å²) in [6.45, 7) is 3.77. The van der Waals surface area contributed by atoms with Crippen molar-refractivity contribution >= 4 is 23.3 Å². The van der Waals surface area contributed by atoms with Crippen LogP contribution in [0.4, 0.5) is 5.69 Å². The van der Waals surface area contributed by atoms with E-state index in [-0.39, 0.29) is 24.7 Å². The third-order valence-corrected chi connectivity index (χ3v) is 5.58. The molecular weight excluding hydrogens is 418 g/mol. The number of rotatable bonds is 7. The van der Waals surface area contributed by atoms with Crippen molar-refractivity contribution < 1.29 is 23.9 Å². The lowest BCUT2D eigenvalue weighted by Crippen LogP contribution is -2.30. The van der Waals surface area contributed by atoms with Crippen LogP contribution < -0.4 is 9.64 Å². The third-order valence-electron chi connectivity index (χ3n) is 5.58. The summed E-state index contributed by atoms with van der Waals surface area (Å²) in [5.74, 6) is -0.208. The quantitative estimate of drug-likeness (QED) is 0.381. The minimum atomic E-state index is -0.915. The Morgan fingerprint density at radius 3 is 2.15 bits per heavy atom. The van der Waals surface area contributed by atoms with Crippen LogP contribution >= 0.6 is 0 Å². The van der Waals surface area contributed by atoms with E-state index in [4.69, 9.17) is 9.47 Å². The van der Waals surface area contributed by atoms with Gasteiger partial charge in [-0.1, -0.05) is 48.0 Å². The van der Waals surface area contributed by atoms with E-state index in [1.165, 1.54) is 0 Å². The molecule has 1 heterocycles. The highest BCUT2D eigenvalue weighted by Gasteiger charge is 2.37. The van der Waals surface area contributed by atoms with Crippen molar-refractivity contribution in [1.29, 1.82) is 0 Å². The standard InChI is InChI=1S/C27H25NO5/c1-18-8-12-23(13-9-18)33-24-14-10-22(11-15-24)28-17-21(16-25(28)29)27(31)32-19(2)26(30)20-6-4-3-5-7-20/h3-15,19,21H,16-17H2,1-2H3/t19-,21+/m0/s1. The largest absolute Gasteiger partial charge is 0.457 e. The zero-order valence-electron chi connectivity index (χ0n) is 18.6. The van der Waals surface area contributed by atoms with E-state index in [0.717, 1.165) is 11.3 Å². The number of benzene rings is 3. The molecule has 1 saturated heterocycles. The van der Waals surface area contributed by atoms with Gasteiger partial charge in [0.2, 0.25) is 11.7 Å². The summed E-state index contributed by atoms with van der Waals surface area (Å²) in [5.41, 5.74) is 2.31. The van der Waals surface area contributed by atoms with Gasteiger partial charge in [0.05, 0.1) is 5.92 Å². The van der Waals surface area contributed by atoms with Gasteiger partial charge in [-0.25, -0.2) is 0 Å². The summed E-state index contributed by atoms with van der Waals surface area (Å²) in [6.07, 6.45) is -0.866. The van der Waals surface area contributed by atoms with E-state index >= 15 is 0 Å². The molecular formula is C27H25NO5. The minimum Gasteiger partial charge on any atom is -0.457 e. The fraction of sp³-hybridized carbons (Fsp3) is 0.222. The van der Waals surface area contributed by atoms with E-state index < -0.39 is 18.0 Å². The summed E-state index contributed by atoms with van der Waals surface area (Å²) in [7, 11) is 0. The van der Waals surface area contributed by atoms with Crippen LogP contribution in [-0.2, 0) is 14.3 Å². The van der Waals surface area contributed by atoms with E-state index in [1.54, 1.807) is 60.4 Å². The molecule has 1 amide bonds. The molecule has 0 aliphatic carbocycles. The maximum absolute atomic E-state index is 12.6.